The number of carbonyl (C=O) groups is 2. The number of imidazole rings is 1. The van der Waals surface area contributed by atoms with Gasteiger partial charge in [0.25, 0.3) is 0 Å². The van der Waals surface area contributed by atoms with Crippen LogP contribution in [0.4, 0.5) is 18.9 Å². The normalized spacial score (nSPS) is 13.8. The lowest BCUT2D eigenvalue weighted by Crippen LogP contribution is -2.49. The van der Waals surface area contributed by atoms with E-state index in [2.05, 4.69) is 15.1 Å². The van der Waals surface area contributed by atoms with Crippen LogP contribution >= 0.6 is 0 Å². The van der Waals surface area contributed by atoms with E-state index in [1.165, 1.54) is 32.4 Å². The molecule has 5 heterocycles. The zero-order valence-corrected chi connectivity index (χ0v) is 27.1. The van der Waals surface area contributed by atoms with E-state index in [1.54, 1.807) is 35.1 Å². The van der Waals surface area contributed by atoms with Crippen molar-refractivity contribution in [3.05, 3.63) is 89.4 Å². The summed E-state index contributed by atoms with van der Waals surface area (Å²) in [6, 6.07) is 13.2. The third-order valence-corrected chi connectivity index (χ3v) is 9.05. The quantitative estimate of drug-likeness (QED) is 0.252. The first-order valence-electron chi connectivity index (χ1n) is 15.8. The molecule has 0 atom stereocenters. The number of halogens is 3. The monoisotopic (exact) mass is 684 g/mol. The van der Waals surface area contributed by atoms with Gasteiger partial charge in [-0.2, -0.15) is 18.3 Å². The predicted molar refractivity (Wildman–Crippen MR) is 180 cm³/mol. The molecule has 4 aromatic heterocycles. The number of benzene rings is 2. The lowest BCUT2D eigenvalue weighted by atomic mass is 10.0. The summed E-state index contributed by atoms with van der Waals surface area (Å²) < 4.78 is 48.3. The molecule has 6 aromatic rings. The number of carboxylic acid groups (broad SMARTS) is 1. The Morgan fingerprint density at radius 3 is 2.28 bits per heavy atom. The minimum Gasteiger partial charge on any atom is -0.481 e. The minimum absolute atomic E-state index is 0.0413. The van der Waals surface area contributed by atoms with Crippen LogP contribution in [0.15, 0.2) is 78.1 Å². The Balaban J connectivity index is 1.27. The lowest BCUT2D eigenvalue weighted by molar-refractivity contribution is -0.141. The van der Waals surface area contributed by atoms with Crippen LogP contribution < -0.4 is 10.6 Å². The number of rotatable bonds is 7. The molecule has 0 unspecified atom stereocenters. The smallest absolute Gasteiger partial charge is 0.418 e. The summed E-state index contributed by atoms with van der Waals surface area (Å²) in [7, 11) is 3.38. The summed E-state index contributed by atoms with van der Waals surface area (Å²) in [4.78, 5) is 49.1. The van der Waals surface area contributed by atoms with Gasteiger partial charge in [-0.05, 0) is 42.0 Å². The van der Waals surface area contributed by atoms with Gasteiger partial charge in [-0.15, -0.1) is 0 Å². The second kappa shape index (κ2) is 12.5. The van der Waals surface area contributed by atoms with Crippen molar-refractivity contribution in [2.75, 3.05) is 31.1 Å². The molecule has 2 aromatic carbocycles. The van der Waals surface area contributed by atoms with Gasteiger partial charge >= 0.3 is 17.8 Å². The third kappa shape index (κ3) is 5.95. The average Bonchev–Trinajstić information content (AvgIpc) is 3.66. The Bertz CT molecular complexity index is 2340. The molecular formula is C35H31F3N8O4. The van der Waals surface area contributed by atoms with Gasteiger partial charge in [-0.3, -0.25) is 33.4 Å². The third-order valence-electron chi connectivity index (χ3n) is 9.05. The van der Waals surface area contributed by atoms with E-state index >= 15 is 0 Å². The molecule has 1 saturated heterocycles. The molecule has 12 nitrogen and oxygen atoms in total. The van der Waals surface area contributed by atoms with Gasteiger partial charge < -0.3 is 14.9 Å². The summed E-state index contributed by atoms with van der Waals surface area (Å²) >= 11 is 0. The molecular weight excluding hydrogens is 653 g/mol. The Morgan fingerprint density at radius 2 is 1.62 bits per heavy atom. The van der Waals surface area contributed by atoms with E-state index < -0.39 is 23.4 Å². The maximum absolute atomic E-state index is 14.7. The standard InChI is InChI=1S/C35H31F3N8O4/c1-42-20-23(18-41-42)27-6-4-22(17-39-27)21-3-7-28-25(15-21)33-30(19-40-28)43(2)34(50)46(33)24-5-8-29(26(16-24)35(36,37)38)44-11-13-45(14-12-44)31(47)9-10-32(48)49/h3-8,15-20H,9-14H2,1-2H3,(H,48,49). The first kappa shape index (κ1) is 32.6. The summed E-state index contributed by atoms with van der Waals surface area (Å²) in [6.45, 7) is 0.575. The van der Waals surface area contributed by atoms with Crippen LogP contribution in [0.1, 0.15) is 18.4 Å². The molecule has 1 aliphatic heterocycles. The predicted octanol–water partition coefficient (Wildman–Crippen LogP) is 4.87. The maximum Gasteiger partial charge on any atom is 0.418 e. The zero-order valence-electron chi connectivity index (χ0n) is 27.1. The van der Waals surface area contributed by atoms with Crippen LogP contribution in [-0.2, 0) is 29.9 Å². The Labute approximate surface area is 282 Å². The van der Waals surface area contributed by atoms with E-state index in [0.717, 1.165) is 28.5 Å². The van der Waals surface area contributed by atoms with Gasteiger partial charge in [0.05, 0.1) is 52.3 Å². The molecule has 0 spiro atoms. The Morgan fingerprint density at radius 1 is 0.860 bits per heavy atom. The van der Waals surface area contributed by atoms with Gasteiger partial charge in [0, 0.05) is 81.3 Å². The summed E-state index contributed by atoms with van der Waals surface area (Å²) in [5, 5.41) is 13.6. The van der Waals surface area contributed by atoms with Crippen LogP contribution in [0.3, 0.4) is 0 Å². The van der Waals surface area contributed by atoms with Crippen molar-refractivity contribution in [2.24, 2.45) is 14.1 Å². The second-order valence-electron chi connectivity index (χ2n) is 12.2. The number of pyridine rings is 2. The van der Waals surface area contributed by atoms with E-state index in [4.69, 9.17) is 5.11 Å². The molecule has 15 heteroatoms. The topological polar surface area (TPSA) is 131 Å². The molecule has 0 bridgehead atoms. The number of alkyl halides is 3. The number of carbonyl (C=O) groups excluding carboxylic acids is 1. The van der Waals surface area contributed by atoms with Crippen molar-refractivity contribution in [2.45, 2.75) is 19.0 Å². The number of hydrogen-bond acceptors (Lipinski definition) is 7. The number of piperazine rings is 1. The maximum atomic E-state index is 14.7. The largest absolute Gasteiger partial charge is 0.481 e. The molecule has 256 valence electrons. The van der Waals surface area contributed by atoms with E-state index in [1.807, 2.05) is 37.5 Å². The van der Waals surface area contributed by atoms with Gasteiger partial charge in [-0.25, -0.2) is 4.79 Å². The van der Waals surface area contributed by atoms with Crippen LogP contribution in [0.25, 0.3) is 50.0 Å². The minimum atomic E-state index is -4.75. The number of amides is 1. The molecule has 0 aliphatic carbocycles. The van der Waals surface area contributed by atoms with Crippen molar-refractivity contribution >= 4 is 39.5 Å². The Kier molecular flexibility index (Phi) is 8.12. The van der Waals surface area contributed by atoms with Crippen molar-refractivity contribution < 1.29 is 27.9 Å². The molecule has 7 rings (SSSR count). The van der Waals surface area contributed by atoms with Crippen molar-refractivity contribution in [3.63, 3.8) is 0 Å². The highest BCUT2D eigenvalue weighted by atomic mass is 19.4. The summed E-state index contributed by atoms with van der Waals surface area (Å²) in [5.74, 6) is -1.44. The number of anilines is 1. The van der Waals surface area contributed by atoms with Crippen LogP contribution in [0.2, 0.25) is 0 Å². The Hall–Kier alpha value is -5.99. The van der Waals surface area contributed by atoms with Gasteiger partial charge in [0.2, 0.25) is 5.91 Å². The number of aromatic nitrogens is 6. The molecule has 1 fully saturated rings. The number of hydrogen-bond donors (Lipinski definition) is 1. The van der Waals surface area contributed by atoms with Gasteiger partial charge in [0.1, 0.15) is 0 Å². The summed E-state index contributed by atoms with van der Waals surface area (Å²) in [6.07, 6.45) is 1.63. The van der Waals surface area contributed by atoms with Crippen molar-refractivity contribution in [1.29, 1.82) is 0 Å². The van der Waals surface area contributed by atoms with Crippen molar-refractivity contribution in [3.8, 4) is 28.1 Å². The number of nitrogens with zero attached hydrogens (tertiary/aromatic N) is 8. The van der Waals surface area contributed by atoms with E-state index in [9.17, 15) is 27.6 Å². The highest BCUT2D eigenvalue weighted by Gasteiger charge is 2.37. The zero-order chi connectivity index (χ0) is 35.3. The highest BCUT2D eigenvalue weighted by molar-refractivity contribution is 6.04. The van der Waals surface area contributed by atoms with Crippen molar-refractivity contribution in [1.82, 2.24) is 33.8 Å². The number of fused-ring (bicyclic) bond motifs is 3. The molecule has 1 aliphatic rings. The molecule has 1 N–H and O–H groups in total. The molecule has 0 saturated carbocycles. The fraction of sp³-hybridized carbons (Fsp3) is 0.257. The first-order valence-corrected chi connectivity index (χ1v) is 15.8. The van der Waals surface area contributed by atoms with E-state index in [0.29, 0.717) is 21.9 Å². The van der Waals surface area contributed by atoms with Crippen LogP contribution in [0, 0.1) is 0 Å². The average molecular weight is 685 g/mol. The second-order valence-corrected chi connectivity index (χ2v) is 12.2. The fourth-order valence-electron chi connectivity index (χ4n) is 6.44. The molecule has 50 heavy (non-hydrogen) atoms. The lowest BCUT2D eigenvalue weighted by Gasteiger charge is -2.37. The van der Waals surface area contributed by atoms with Gasteiger partial charge in [-0.1, -0.05) is 12.1 Å². The number of carboxylic acids is 1. The molecule has 0 radical (unpaired) electrons. The van der Waals surface area contributed by atoms with E-state index in [-0.39, 0.29) is 56.3 Å². The van der Waals surface area contributed by atoms with Gasteiger partial charge in [0.15, 0.2) is 0 Å². The highest BCUT2D eigenvalue weighted by Crippen LogP contribution is 2.39. The van der Waals surface area contributed by atoms with Crippen LogP contribution in [0.5, 0.6) is 0 Å². The number of aryl methyl sites for hydroxylation is 2. The number of aliphatic carboxylic acids is 1. The summed E-state index contributed by atoms with van der Waals surface area (Å²) in [5.41, 5.74) is 3.15. The SMILES string of the molecule is Cn1cc(-c2ccc(-c3ccc4ncc5c(c4c3)n(-c3ccc(N4CCN(C(=O)CCC(=O)O)CC4)c(C(F)(F)F)c3)c(=O)n5C)cn2)cn1. The molecule has 1 amide bonds. The fourth-order valence-corrected chi connectivity index (χ4v) is 6.44. The first-order chi connectivity index (χ1) is 23.9. The van der Waals surface area contributed by atoms with Crippen LogP contribution in [-0.4, -0.2) is 76.9 Å².